The average Bonchev–Trinajstić information content (AvgIpc) is 2.65. The van der Waals surface area contributed by atoms with Gasteiger partial charge in [0.2, 0.25) is 0 Å². The van der Waals surface area contributed by atoms with Gasteiger partial charge in [-0.1, -0.05) is 0 Å². The number of rotatable bonds is 1. The summed E-state index contributed by atoms with van der Waals surface area (Å²) in [6.45, 7) is 8.57. The highest BCUT2D eigenvalue weighted by Gasteiger charge is 2.05. The number of hydrogen-bond acceptors (Lipinski definition) is 3. The number of aryl methyl sites for hydroxylation is 1. The quantitative estimate of drug-likeness (QED) is 0.641. The molecule has 0 aliphatic heterocycles. The van der Waals surface area contributed by atoms with Crippen molar-refractivity contribution < 1.29 is 4.42 Å². The molecule has 0 fully saturated rings. The Hall–Kier alpha value is -2.15. The van der Waals surface area contributed by atoms with Gasteiger partial charge in [0.05, 0.1) is 18.0 Å². The lowest BCUT2D eigenvalue weighted by Crippen LogP contribution is -1.80. The minimum Gasteiger partial charge on any atom is -0.461 e. The van der Waals surface area contributed by atoms with Crippen molar-refractivity contribution in [2.45, 2.75) is 6.92 Å². The number of nitrogens with zero attached hydrogens (tertiary/aromatic N) is 3. The summed E-state index contributed by atoms with van der Waals surface area (Å²) in [6, 6.07) is 3.73. The summed E-state index contributed by atoms with van der Waals surface area (Å²) in [5.41, 5.74) is 0.783. The van der Waals surface area contributed by atoms with E-state index in [1.54, 1.807) is 12.4 Å². The fraction of sp³-hybridized carbons (Fsp3) is 0.100. The maximum atomic E-state index is 6.70. The Morgan fingerprint density at radius 3 is 2.50 bits per heavy atom. The second-order valence-electron chi connectivity index (χ2n) is 2.79. The summed E-state index contributed by atoms with van der Waals surface area (Å²) < 4.78 is 5.39. The van der Waals surface area contributed by atoms with Crippen LogP contribution >= 0.6 is 0 Å². The smallest absolute Gasteiger partial charge is 0.371 e. The second kappa shape index (κ2) is 3.30. The first-order chi connectivity index (χ1) is 6.79. The Kier molecular flexibility index (Phi) is 1.99. The Labute approximate surface area is 81.1 Å². The summed E-state index contributed by atoms with van der Waals surface area (Å²) >= 11 is 0. The Balaban J connectivity index is 2.39. The van der Waals surface area contributed by atoms with Gasteiger partial charge in [-0.25, -0.2) is 0 Å². The summed E-state index contributed by atoms with van der Waals surface area (Å²) in [4.78, 5) is 10.8. The van der Waals surface area contributed by atoms with E-state index < -0.39 is 0 Å². The van der Waals surface area contributed by atoms with E-state index in [2.05, 4.69) is 14.8 Å². The largest absolute Gasteiger partial charge is 0.461 e. The highest BCUT2D eigenvalue weighted by molar-refractivity contribution is 5.55. The van der Waals surface area contributed by atoms with Crippen LogP contribution in [0.4, 0.5) is 5.95 Å². The van der Waals surface area contributed by atoms with Gasteiger partial charge in [0, 0.05) is 0 Å². The van der Waals surface area contributed by atoms with Crippen LogP contribution in [0.3, 0.4) is 0 Å². The van der Waals surface area contributed by atoms with Crippen LogP contribution in [-0.2, 0) is 0 Å². The fourth-order valence-corrected chi connectivity index (χ4v) is 1.10. The molecule has 0 radical (unpaired) electrons. The molecule has 0 bridgehead atoms. The van der Waals surface area contributed by atoms with Gasteiger partial charge >= 0.3 is 5.95 Å². The van der Waals surface area contributed by atoms with E-state index in [-0.39, 0.29) is 5.95 Å². The van der Waals surface area contributed by atoms with E-state index in [1.165, 1.54) is 0 Å². The van der Waals surface area contributed by atoms with E-state index in [1.807, 2.05) is 19.1 Å². The first kappa shape index (κ1) is 8.45. The molecule has 0 aromatic carbocycles. The first-order valence-corrected chi connectivity index (χ1v) is 4.06. The van der Waals surface area contributed by atoms with Gasteiger partial charge in [0.15, 0.2) is 0 Å². The Morgan fingerprint density at radius 2 is 2.00 bits per heavy atom. The molecular weight excluding hydrogens is 178 g/mol. The van der Waals surface area contributed by atoms with Crippen molar-refractivity contribution in [2.75, 3.05) is 0 Å². The zero-order chi connectivity index (χ0) is 9.97. The maximum absolute atomic E-state index is 6.70. The number of hydrogen-bond donors (Lipinski definition) is 0. The van der Waals surface area contributed by atoms with Crippen LogP contribution in [0.25, 0.3) is 16.2 Å². The van der Waals surface area contributed by atoms with Gasteiger partial charge in [0.25, 0.3) is 0 Å². The number of aromatic nitrogens is 2. The van der Waals surface area contributed by atoms with Crippen LogP contribution in [0.15, 0.2) is 28.9 Å². The molecule has 0 saturated heterocycles. The molecule has 0 atom stereocenters. The van der Waals surface area contributed by atoms with Crippen LogP contribution in [0.2, 0.25) is 0 Å². The van der Waals surface area contributed by atoms with E-state index in [0.29, 0.717) is 0 Å². The topological polar surface area (TPSA) is 43.3 Å². The normalized spacial score (nSPS) is 9.71. The zero-order valence-electron chi connectivity index (χ0n) is 7.56. The van der Waals surface area contributed by atoms with Gasteiger partial charge < -0.3 is 9.26 Å². The monoisotopic (exact) mass is 185 g/mol. The molecule has 0 aliphatic rings. The van der Waals surface area contributed by atoms with Crippen molar-refractivity contribution in [2.24, 2.45) is 0 Å². The van der Waals surface area contributed by atoms with Crippen LogP contribution in [0.5, 0.6) is 0 Å². The molecule has 0 aliphatic carbocycles. The van der Waals surface area contributed by atoms with Gasteiger partial charge in [0.1, 0.15) is 11.5 Å². The Morgan fingerprint density at radius 1 is 1.29 bits per heavy atom. The van der Waals surface area contributed by atoms with E-state index in [9.17, 15) is 0 Å². The molecule has 0 spiro atoms. The molecule has 2 rings (SSSR count). The predicted octanol–water partition coefficient (Wildman–Crippen LogP) is 2.60. The molecule has 2 aromatic heterocycles. The molecule has 68 valence electrons. The van der Waals surface area contributed by atoms with Gasteiger partial charge in [-0.2, -0.15) is 9.97 Å². The lowest BCUT2D eigenvalue weighted by atomic mass is 10.3. The first-order valence-electron chi connectivity index (χ1n) is 4.06. The fourth-order valence-electron chi connectivity index (χ4n) is 1.10. The van der Waals surface area contributed by atoms with E-state index in [4.69, 9.17) is 11.0 Å². The molecule has 0 amide bonds. The SMILES string of the molecule is [C-]#[N+]c1ncc(-c2ccc(C)o2)cn1. The summed E-state index contributed by atoms with van der Waals surface area (Å²) in [7, 11) is 0. The van der Waals surface area contributed by atoms with Crippen LogP contribution < -0.4 is 0 Å². The predicted molar refractivity (Wildman–Crippen MR) is 50.7 cm³/mol. The highest BCUT2D eigenvalue weighted by atomic mass is 16.3. The lowest BCUT2D eigenvalue weighted by Gasteiger charge is -1.92. The van der Waals surface area contributed by atoms with Crippen LogP contribution in [0.1, 0.15) is 5.76 Å². The molecule has 4 heteroatoms. The summed E-state index contributed by atoms with van der Waals surface area (Å²) in [5.74, 6) is 1.71. The summed E-state index contributed by atoms with van der Waals surface area (Å²) in [5, 5.41) is 0. The second-order valence-corrected chi connectivity index (χ2v) is 2.79. The Bertz CT molecular complexity index is 479. The highest BCUT2D eigenvalue weighted by Crippen LogP contribution is 2.20. The minimum absolute atomic E-state index is 0.150. The van der Waals surface area contributed by atoms with Gasteiger partial charge in [-0.05, 0) is 19.1 Å². The van der Waals surface area contributed by atoms with Gasteiger partial charge in [-0.15, -0.1) is 6.57 Å². The van der Waals surface area contributed by atoms with Crippen molar-refractivity contribution in [3.63, 3.8) is 0 Å². The third kappa shape index (κ3) is 1.48. The van der Waals surface area contributed by atoms with Crippen molar-refractivity contribution >= 4 is 5.95 Å². The van der Waals surface area contributed by atoms with Crippen LogP contribution in [-0.4, -0.2) is 9.97 Å². The summed E-state index contributed by atoms with van der Waals surface area (Å²) in [6.07, 6.45) is 3.16. The van der Waals surface area contributed by atoms with Crippen LogP contribution in [0, 0.1) is 13.5 Å². The standard InChI is InChI=1S/C10H7N3O/c1-7-3-4-9(14-7)8-5-12-10(11-2)13-6-8/h3-6H,1H3. The number of furan rings is 1. The van der Waals surface area contributed by atoms with Crippen molar-refractivity contribution in [1.29, 1.82) is 0 Å². The molecule has 0 unspecified atom stereocenters. The molecule has 2 heterocycles. The third-order valence-corrected chi connectivity index (χ3v) is 1.76. The molecule has 0 N–H and O–H groups in total. The molecular formula is C10H7N3O. The van der Waals surface area contributed by atoms with E-state index >= 15 is 0 Å². The van der Waals surface area contributed by atoms with Crippen molar-refractivity contribution in [3.05, 3.63) is 41.7 Å². The third-order valence-electron chi connectivity index (χ3n) is 1.76. The lowest BCUT2D eigenvalue weighted by molar-refractivity contribution is 0.548. The molecule has 2 aromatic rings. The van der Waals surface area contributed by atoms with E-state index in [0.717, 1.165) is 17.1 Å². The maximum Gasteiger partial charge on any atom is 0.371 e. The molecule has 0 saturated carbocycles. The van der Waals surface area contributed by atoms with Gasteiger partial charge in [-0.3, -0.25) is 0 Å². The van der Waals surface area contributed by atoms with Crippen molar-refractivity contribution in [3.8, 4) is 11.3 Å². The molecule has 14 heavy (non-hydrogen) atoms. The minimum atomic E-state index is 0.150. The van der Waals surface area contributed by atoms with Crippen molar-refractivity contribution in [1.82, 2.24) is 9.97 Å². The zero-order valence-corrected chi connectivity index (χ0v) is 7.56. The molecule has 4 nitrogen and oxygen atoms in total. The average molecular weight is 185 g/mol.